The zero-order valence-corrected chi connectivity index (χ0v) is 12.7. The van der Waals surface area contributed by atoms with E-state index in [4.69, 9.17) is 5.11 Å². The lowest BCUT2D eigenvalue weighted by Gasteiger charge is -2.35. The standard InChI is InChI=1S/C12H23N3O3S/c1-13(2)5-4-6-14(3)12(18)15-7-8-19-9-10(15)11(16)17/h10H,4-9H2,1-3H3,(H,16,17). The fourth-order valence-electron chi connectivity index (χ4n) is 1.98. The number of amides is 2. The molecule has 0 aromatic rings. The summed E-state index contributed by atoms with van der Waals surface area (Å²) >= 11 is 1.59. The molecule has 1 N–H and O–H groups in total. The number of hydrogen-bond donors (Lipinski definition) is 1. The van der Waals surface area contributed by atoms with Gasteiger partial charge >= 0.3 is 12.0 Å². The van der Waals surface area contributed by atoms with Crippen molar-refractivity contribution in [2.75, 3.05) is 52.3 Å². The predicted octanol–water partition coefficient (Wildman–Crippen LogP) is 0.492. The molecule has 1 heterocycles. The summed E-state index contributed by atoms with van der Waals surface area (Å²) in [7, 11) is 5.72. The average Bonchev–Trinajstić information content (AvgIpc) is 2.37. The number of aliphatic carboxylic acids is 1. The van der Waals surface area contributed by atoms with E-state index in [-0.39, 0.29) is 6.03 Å². The number of carbonyl (C=O) groups excluding carboxylic acids is 1. The molecule has 7 heteroatoms. The fourth-order valence-corrected chi connectivity index (χ4v) is 3.01. The summed E-state index contributed by atoms with van der Waals surface area (Å²) in [6, 6.07) is -0.867. The van der Waals surface area contributed by atoms with Crippen molar-refractivity contribution in [2.45, 2.75) is 12.5 Å². The van der Waals surface area contributed by atoms with Gasteiger partial charge in [-0.2, -0.15) is 11.8 Å². The van der Waals surface area contributed by atoms with E-state index >= 15 is 0 Å². The summed E-state index contributed by atoms with van der Waals surface area (Å²) in [5.41, 5.74) is 0. The molecule has 2 amide bonds. The molecule has 0 aliphatic carbocycles. The summed E-state index contributed by atoms with van der Waals surface area (Å²) in [5, 5.41) is 9.16. The van der Waals surface area contributed by atoms with Gasteiger partial charge in [0.05, 0.1) is 0 Å². The van der Waals surface area contributed by atoms with Crippen LogP contribution in [0.1, 0.15) is 6.42 Å². The maximum Gasteiger partial charge on any atom is 0.327 e. The highest BCUT2D eigenvalue weighted by Crippen LogP contribution is 2.18. The molecule has 1 fully saturated rings. The Kier molecular flexibility index (Phi) is 6.44. The Morgan fingerprint density at radius 1 is 1.32 bits per heavy atom. The van der Waals surface area contributed by atoms with Crippen LogP contribution in [0.5, 0.6) is 0 Å². The monoisotopic (exact) mass is 289 g/mol. The molecule has 1 atom stereocenters. The first-order valence-corrected chi connectivity index (χ1v) is 7.56. The quantitative estimate of drug-likeness (QED) is 0.798. The zero-order chi connectivity index (χ0) is 14.4. The SMILES string of the molecule is CN(C)CCCN(C)C(=O)N1CCSCC1C(=O)O. The summed E-state index contributed by atoms with van der Waals surface area (Å²) in [5.74, 6) is 0.371. The number of nitrogens with zero attached hydrogens (tertiary/aromatic N) is 3. The summed E-state index contributed by atoms with van der Waals surface area (Å²) in [6.07, 6.45) is 0.884. The second-order valence-corrected chi connectivity index (χ2v) is 6.13. The zero-order valence-electron chi connectivity index (χ0n) is 11.8. The largest absolute Gasteiger partial charge is 0.480 e. The lowest BCUT2D eigenvalue weighted by molar-refractivity contribution is -0.141. The molecule has 0 radical (unpaired) electrons. The number of thioether (sulfide) groups is 1. The van der Waals surface area contributed by atoms with Gasteiger partial charge in [-0.1, -0.05) is 0 Å². The molecule has 110 valence electrons. The second-order valence-electron chi connectivity index (χ2n) is 4.98. The number of rotatable bonds is 5. The van der Waals surface area contributed by atoms with E-state index in [0.717, 1.165) is 18.7 Å². The van der Waals surface area contributed by atoms with Gasteiger partial charge in [-0.05, 0) is 27.1 Å². The van der Waals surface area contributed by atoms with Gasteiger partial charge in [-0.25, -0.2) is 9.59 Å². The van der Waals surface area contributed by atoms with Crippen LogP contribution in [0.4, 0.5) is 4.79 Å². The number of hydrogen-bond acceptors (Lipinski definition) is 4. The predicted molar refractivity (Wildman–Crippen MR) is 76.7 cm³/mol. The van der Waals surface area contributed by atoms with Crippen molar-refractivity contribution in [3.8, 4) is 0 Å². The van der Waals surface area contributed by atoms with E-state index in [9.17, 15) is 9.59 Å². The minimum atomic E-state index is -0.915. The molecule has 1 rings (SSSR count). The van der Waals surface area contributed by atoms with E-state index in [1.807, 2.05) is 14.1 Å². The summed E-state index contributed by atoms with van der Waals surface area (Å²) in [4.78, 5) is 28.6. The summed E-state index contributed by atoms with van der Waals surface area (Å²) in [6.45, 7) is 2.07. The van der Waals surface area contributed by atoms with Crippen molar-refractivity contribution in [1.29, 1.82) is 0 Å². The highest BCUT2D eigenvalue weighted by molar-refractivity contribution is 7.99. The van der Waals surface area contributed by atoms with Crippen molar-refractivity contribution in [3.05, 3.63) is 0 Å². The highest BCUT2D eigenvalue weighted by Gasteiger charge is 2.33. The fraction of sp³-hybridized carbons (Fsp3) is 0.833. The first-order valence-electron chi connectivity index (χ1n) is 6.40. The van der Waals surface area contributed by atoms with Crippen LogP contribution in [0.25, 0.3) is 0 Å². The van der Waals surface area contributed by atoms with Crippen LogP contribution in [0.3, 0.4) is 0 Å². The highest BCUT2D eigenvalue weighted by atomic mass is 32.2. The van der Waals surface area contributed by atoms with E-state index in [1.165, 1.54) is 4.90 Å². The number of urea groups is 1. The minimum Gasteiger partial charge on any atom is -0.480 e. The third-order valence-electron chi connectivity index (χ3n) is 3.08. The van der Waals surface area contributed by atoms with Crippen LogP contribution in [0, 0.1) is 0 Å². The normalized spacial score (nSPS) is 19.6. The third-order valence-corrected chi connectivity index (χ3v) is 4.11. The Morgan fingerprint density at radius 2 is 2.00 bits per heavy atom. The van der Waals surface area contributed by atoms with Crippen LogP contribution >= 0.6 is 11.8 Å². The van der Waals surface area contributed by atoms with Crippen LogP contribution in [-0.4, -0.2) is 90.1 Å². The molecule has 0 aromatic heterocycles. The maximum absolute atomic E-state index is 12.3. The molecule has 1 aliphatic rings. The number of carbonyl (C=O) groups is 2. The van der Waals surface area contributed by atoms with E-state index in [0.29, 0.717) is 18.8 Å². The van der Waals surface area contributed by atoms with Crippen molar-refractivity contribution < 1.29 is 14.7 Å². The van der Waals surface area contributed by atoms with Gasteiger partial charge in [-0.15, -0.1) is 0 Å². The lowest BCUT2D eigenvalue weighted by Crippen LogP contribution is -2.54. The molecule has 0 spiro atoms. The molecular formula is C12H23N3O3S. The Morgan fingerprint density at radius 3 is 2.58 bits per heavy atom. The topological polar surface area (TPSA) is 64.1 Å². The average molecular weight is 289 g/mol. The molecule has 19 heavy (non-hydrogen) atoms. The molecular weight excluding hydrogens is 266 g/mol. The lowest BCUT2D eigenvalue weighted by atomic mass is 10.3. The molecule has 1 unspecified atom stereocenters. The van der Waals surface area contributed by atoms with Crippen LogP contribution in [0.2, 0.25) is 0 Å². The number of carboxylic acid groups (broad SMARTS) is 1. The van der Waals surface area contributed by atoms with Crippen molar-refractivity contribution in [1.82, 2.24) is 14.7 Å². The van der Waals surface area contributed by atoms with Gasteiger partial charge in [-0.3, -0.25) is 0 Å². The number of carboxylic acids is 1. The first kappa shape index (κ1) is 16.1. The second kappa shape index (κ2) is 7.59. The van der Waals surface area contributed by atoms with Crippen molar-refractivity contribution in [2.24, 2.45) is 0 Å². The molecule has 1 saturated heterocycles. The minimum absolute atomic E-state index is 0.175. The Bertz CT molecular complexity index is 325. The molecule has 1 aliphatic heterocycles. The van der Waals surface area contributed by atoms with Crippen molar-refractivity contribution in [3.63, 3.8) is 0 Å². The molecule has 6 nitrogen and oxygen atoms in total. The van der Waals surface area contributed by atoms with Crippen molar-refractivity contribution >= 4 is 23.8 Å². The van der Waals surface area contributed by atoms with Gasteiger partial charge in [0.2, 0.25) is 0 Å². The molecule has 0 aromatic carbocycles. The van der Waals surface area contributed by atoms with Gasteiger partial charge in [0.25, 0.3) is 0 Å². The van der Waals surface area contributed by atoms with E-state index in [1.54, 1.807) is 23.7 Å². The Balaban J connectivity index is 2.51. The molecule has 0 bridgehead atoms. The summed E-state index contributed by atoms with van der Waals surface area (Å²) < 4.78 is 0. The van der Waals surface area contributed by atoms with Crippen LogP contribution < -0.4 is 0 Å². The Hall–Kier alpha value is -0.950. The molecule has 0 saturated carbocycles. The smallest absolute Gasteiger partial charge is 0.327 e. The van der Waals surface area contributed by atoms with Crippen LogP contribution in [-0.2, 0) is 4.79 Å². The Labute approximate surface area is 118 Å². The third kappa shape index (κ3) is 4.91. The van der Waals surface area contributed by atoms with Gasteiger partial charge in [0.1, 0.15) is 6.04 Å². The van der Waals surface area contributed by atoms with E-state index in [2.05, 4.69) is 4.90 Å². The van der Waals surface area contributed by atoms with Crippen LogP contribution in [0.15, 0.2) is 0 Å². The van der Waals surface area contributed by atoms with Gasteiger partial charge in [0.15, 0.2) is 0 Å². The van der Waals surface area contributed by atoms with Gasteiger partial charge < -0.3 is 19.8 Å². The maximum atomic E-state index is 12.3. The first-order chi connectivity index (χ1) is 8.93. The van der Waals surface area contributed by atoms with E-state index < -0.39 is 12.0 Å². The van der Waals surface area contributed by atoms with Gasteiger partial charge in [0, 0.05) is 31.6 Å².